The van der Waals surface area contributed by atoms with E-state index < -0.39 is 17.4 Å². The number of benzene rings is 1. The first-order valence-corrected chi connectivity index (χ1v) is 4.34. The van der Waals surface area contributed by atoms with Crippen molar-refractivity contribution in [3.63, 3.8) is 0 Å². The summed E-state index contributed by atoms with van der Waals surface area (Å²) in [5, 5.41) is 8.47. The van der Waals surface area contributed by atoms with Gasteiger partial charge in [0.2, 0.25) is 0 Å². The van der Waals surface area contributed by atoms with Gasteiger partial charge in [0.05, 0.1) is 24.8 Å². The van der Waals surface area contributed by atoms with Crippen LogP contribution in [0.2, 0.25) is 0 Å². The summed E-state index contributed by atoms with van der Waals surface area (Å²) in [6.07, 6.45) is -0.304. The molecule has 0 N–H and O–H groups in total. The predicted octanol–water partition coefficient (Wildman–Crippen LogP) is 1.61. The number of ether oxygens (including phenoxy) is 2. The Bertz CT molecular complexity index is 401. The highest BCUT2D eigenvalue weighted by Crippen LogP contribution is 2.25. The summed E-state index contributed by atoms with van der Waals surface area (Å²) in [4.78, 5) is 0. The third-order valence-corrected chi connectivity index (χ3v) is 2.02. The van der Waals surface area contributed by atoms with Crippen molar-refractivity contribution in [1.29, 1.82) is 5.26 Å². The van der Waals surface area contributed by atoms with Crippen LogP contribution in [0.3, 0.4) is 0 Å². The molecule has 1 aromatic carbocycles. The van der Waals surface area contributed by atoms with Crippen molar-refractivity contribution in [2.24, 2.45) is 0 Å². The van der Waals surface area contributed by atoms with Crippen molar-refractivity contribution in [1.82, 2.24) is 0 Å². The Labute approximate surface area is 84.8 Å². The maximum absolute atomic E-state index is 13.3. The molecule has 1 heterocycles. The SMILES string of the molecule is N#Cc1cc(F)c(OC2COC2)c(F)c1. The first-order valence-electron chi connectivity index (χ1n) is 4.34. The van der Waals surface area contributed by atoms with Gasteiger partial charge in [0.15, 0.2) is 17.4 Å². The molecule has 1 aliphatic rings. The maximum Gasteiger partial charge on any atom is 0.191 e. The number of rotatable bonds is 2. The lowest BCUT2D eigenvalue weighted by Gasteiger charge is -2.26. The molecule has 0 aliphatic carbocycles. The molecule has 1 aromatic rings. The van der Waals surface area contributed by atoms with Crippen molar-refractivity contribution < 1.29 is 18.3 Å². The van der Waals surface area contributed by atoms with Gasteiger partial charge in [-0.1, -0.05) is 0 Å². The van der Waals surface area contributed by atoms with E-state index in [0.29, 0.717) is 13.2 Å². The molecular weight excluding hydrogens is 204 g/mol. The van der Waals surface area contributed by atoms with E-state index in [-0.39, 0.29) is 11.7 Å². The van der Waals surface area contributed by atoms with Crippen molar-refractivity contribution in [2.45, 2.75) is 6.10 Å². The van der Waals surface area contributed by atoms with Crippen LogP contribution in [0.1, 0.15) is 5.56 Å². The third-order valence-electron chi connectivity index (χ3n) is 2.02. The average Bonchev–Trinajstić information content (AvgIpc) is 2.13. The Morgan fingerprint density at radius 3 is 2.33 bits per heavy atom. The van der Waals surface area contributed by atoms with Crippen LogP contribution in [0.5, 0.6) is 5.75 Å². The van der Waals surface area contributed by atoms with Crippen molar-refractivity contribution in [2.75, 3.05) is 13.2 Å². The second-order valence-corrected chi connectivity index (χ2v) is 3.16. The van der Waals surface area contributed by atoms with Gasteiger partial charge in [0.1, 0.15) is 6.10 Å². The van der Waals surface area contributed by atoms with Crippen LogP contribution in [0.15, 0.2) is 12.1 Å². The summed E-state index contributed by atoms with van der Waals surface area (Å²) in [6, 6.07) is 3.54. The Kier molecular flexibility index (Phi) is 2.52. The second kappa shape index (κ2) is 3.83. The quantitative estimate of drug-likeness (QED) is 0.746. The van der Waals surface area contributed by atoms with E-state index in [1.165, 1.54) is 0 Å². The fourth-order valence-corrected chi connectivity index (χ4v) is 1.19. The molecule has 0 atom stereocenters. The molecule has 1 fully saturated rings. The molecule has 5 heteroatoms. The largest absolute Gasteiger partial charge is 0.479 e. The van der Waals surface area contributed by atoms with Gasteiger partial charge in [-0.2, -0.15) is 5.26 Å². The monoisotopic (exact) mass is 211 g/mol. The number of hydrogen-bond acceptors (Lipinski definition) is 3. The maximum atomic E-state index is 13.3. The number of hydrogen-bond donors (Lipinski definition) is 0. The Morgan fingerprint density at radius 2 is 1.93 bits per heavy atom. The highest BCUT2D eigenvalue weighted by molar-refractivity contribution is 5.37. The Morgan fingerprint density at radius 1 is 1.33 bits per heavy atom. The van der Waals surface area contributed by atoms with E-state index in [2.05, 4.69) is 0 Å². The van der Waals surface area contributed by atoms with Gasteiger partial charge in [-0.15, -0.1) is 0 Å². The topological polar surface area (TPSA) is 42.2 Å². The lowest BCUT2D eigenvalue weighted by atomic mass is 10.2. The summed E-state index contributed by atoms with van der Waals surface area (Å²) in [7, 11) is 0. The van der Waals surface area contributed by atoms with Crippen LogP contribution in [0.4, 0.5) is 8.78 Å². The highest BCUT2D eigenvalue weighted by Gasteiger charge is 2.23. The molecule has 1 aliphatic heterocycles. The molecule has 0 bridgehead atoms. The molecule has 0 saturated carbocycles. The lowest BCUT2D eigenvalue weighted by molar-refractivity contribution is -0.0821. The molecule has 15 heavy (non-hydrogen) atoms. The number of nitrogens with zero attached hydrogens (tertiary/aromatic N) is 1. The highest BCUT2D eigenvalue weighted by atomic mass is 19.1. The zero-order valence-electron chi connectivity index (χ0n) is 7.67. The first-order chi connectivity index (χ1) is 7.20. The molecule has 1 saturated heterocycles. The molecule has 0 aromatic heterocycles. The molecule has 3 nitrogen and oxygen atoms in total. The summed E-state index contributed by atoms with van der Waals surface area (Å²) in [6.45, 7) is 0.664. The normalized spacial score (nSPS) is 15.5. The minimum absolute atomic E-state index is 0.0674. The Hall–Kier alpha value is -1.67. The second-order valence-electron chi connectivity index (χ2n) is 3.16. The fraction of sp³-hybridized carbons (Fsp3) is 0.300. The van der Waals surface area contributed by atoms with Crippen molar-refractivity contribution >= 4 is 0 Å². The van der Waals surface area contributed by atoms with E-state index >= 15 is 0 Å². The molecule has 0 spiro atoms. The minimum Gasteiger partial charge on any atom is -0.479 e. The Balaban J connectivity index is 2.26. The zero-order valence-corrected chi connectivity index (χ0v) is 7.67. The lowest BCUT2D eigenvalue weighted by Crippen LogP contribution is -2.39. The van der Waals surface area contributed by atoms with E-state index in [1.54, 1.807) is 6.07 Å². The standard InChI is InChI=1S/C10H7F2NO2/c11-8-1-6(3-13)2-9(12)10(8)15-7-4-14-5-7/h1-2,7H,4-5H2. The van der Waals surface area contributed by atoms with E-state index in [1.807, 2.05) is 0 Å². The summed E-state index contributed by atoms with van der Waals surface area (Å²) in [5.41, 5.74) is -0.0674. The minimum atomic E-state index is -0.863. The van der Waals surface area contributed by atoms with Gasteiger partial charge in [-0.3, -0.25) is 0 Å². The van der Waals surface area contributed by atoms with Gasteiger partial charge < -0.3 is 9.47 Å². The van der Waals surface area contributed by atoms with Crippen LogP contribution in [-0.4, -0.2) is 19.3 Å². The molecule has 78 valence electrons. The van der Waals surface area contributed by atoms with Crippen LogP contribution in [0, 0.1) is 23.0 Å². The van der Waals surface area contributed by atoms with Crippen LogP contribution < -0.4 is 4.74 Å². The molecule has 0 radical (unpaired) electrons. The van der Waals surface area contributed by atoms with E-state index in [9.17, 15) is 8.78 Å². The van der Waals surface area contributed by atoms with E-state index in [0.717, 1.165) is 12.1 Å². The van der Waals surface area contributed by atoms with Crippen LogP contribution >= 0.6 is 0 Å². The summed E-state index contributed by atoms with van der Waals surface area (Å²) in [5.74, 6) is -2.17. The predicted molar refractivity (Wildman–Crippen MR) is 46.3 cm³/mol. The van der Waals surface area contributed by atoms with Crippen LogP contribution in [-0.2, 0) is 4.74 Å². The smallest absolute Gasteiger partial charge is 0.191 e. The summed E-state index contributed by atoms with van der Waals surface area (Å²) < 4.78 is 36.4. The fourth-order valence-electron chi connectivity index (χ4n) is 1.19. The summed E-state index contributed by atoms with van der Waals surface area (Å²) >= 11 is 0. The van der Waals surface area contributed by atoms with Crippen molar-refractivity contribution in [3.05, 3.63) is 29.3 Å². The number of nitriles is 1. The number of halogens is 2. The molecule has 0 unspecified atom stereocenters. The van der Waals surface area contributed by atoms with Gasteiger partial charge >= 0.3 is 0 Å². The molecule has 2 rings (SSSR count). The third kappa shape index (κ3) is 1.90. The molecular formula is C10H7F2NO2. The van der Waals surface area contributed by atoms with Crippen molar-refractivity contribution in [3.8, 4) is 11.8 Å². The van der Waals surface area contributed by atoms with Crippen LogP contribution in [0.25, 0.3) is 0 Å². The van der Waals surface area contributed by atoms with Gasteiger partial charge in [-0.25, -0.2) is 8.78 Å². The van der Waals surface area contributed by atoms with Gasteiger partial charge in [-0.05, 0) is 12.1 Å². The zero-order chi connectivity index (χ0) is 10.8. The van der Waals surface area contributed by atoms with Gasteiger partial charge in [0, 0.05) is 0 Å². The first kappa shape index (κ1) is 9.87. The molecule has 0 amide bonds. The average molecular weight is 211 g/mol. The van der Waals surface area contributed by atoms with Gasteiger partial charge in [0.25, 0.3) is 0 Å². The van der Waals surface area contributed by atoms with E-state index in [4.69, 9.17) is 14.7 Å².